The Labute approximate surface area is 115 Å². The molecule has 1 heterocycles. The highest BCUT2D eigenvalue weighted by molar-refractivity contribution is 5.81. The van der Waals surface area contributed by atoms with Gasteiger partial charge in [-0.3, -0.25) is 9.59 Å². The lowest BCUT2D eigenvalue weighted by molar-refractivity contribution is -0.227. The normalized spacial score (nSPS) is 23.4. The number of halogens is 3. The van der Waals surface area contributed by atoms with Crippen molar-refractivity contribution in [3.63, 3.8) is 0 Å². The SMILES string of the molecule is CCC(CC)CC(=O)N1CCC(C(=O)O)(C(F)(F)F)C1. The molecule has 1 rings (SSSR count). The summed E-state index contributed by atoms with van der Waals surface area (Å²) in [5.41, 5.74) is -2.81. The fourth-order valence-corrected chi connectivity index (χ4v) is 2.50. The lowest BCUT2D eigenvalue weighted by Gasteiger charge is -2.27. The van der Waals surface area contributed by atoms with Crippen molar-refractivity contribution in [3.8, 4) is 0 Å². The topological polar surface area (TPSA) is 57.6 Å². The second-order valence-electron chi connectivity index (χ2n) is 5.34. The van der Waals surface area contributed by atoms with E-state index in [0.29, 0.717) is 0 Å². The van der Waals surface area contributed by atoms with Gasteiger partial charge >= 0.3 is 12.1 Å². The maximum atomic E-state index is 13.0. The van der Waals surface area contributed by atoms with Gasteiger partial charge in [0.2, 0.25) is 5.91 Å². The van der Waals surface area contributed by atoms with Crippen LogP contribution in [0.25, 0.3) is 0 Å². The molecule has 1 aliphatic rings. The predicted molar refractivity (Wildman–Crippen MR) is 66.0 cm³/mol. The van der Waals surface area contributed by atoms with Gasteiger partial charge < -0.3 is 10.0 Å². The molecule has 1 saturated heterocycles. The van der Waals surface area contributed by atoms with Gasteiger partial charge in [-0.2, -0.15) is 13.2 Å². The lowest BCUT2D eigenvalue weighted by Crippen LogP contribution is -2.47. The second kappa shape index (κ2) is 6.01. The molecule has 0 aromatic carbocycles. The molecule has 1 aliphatic heterocycles. The number of hydrogen-bond acceptors (Lipinski definition) is 2. The summed E-state index contributed by atoms with van der Waals surface area (Å²) in [7, 11) is 0. The van der Waals surface area contributed by atoms with Crippen LogP contribution < -0.4 is 0 Å². The fourth-order valence-electron chi connectivity index (χ4n) is 2.50. The average Bonchev–Trinajstić information content (AvgIpc) is 2.81. The first kappa shape index (κ1) is 16.8. The molecule has 1 amide bonds. The molecule has 0 saturated carbocycles. The van der Waals surface area contributed by atoms with Crippen LogP contribution in [0.1, 0.15) is 39.5 Å². The molecule has 7 heteroatoms. The Hall–Kier alpha value is -1.27. The maximum absolute atomic E-state index is 13.0. The molecule has 4 nitrogen and oxygen atoms in total. The van der Waals surface area contributed by atoms with Crippen molar-refractivity contribution in [3.05, 3.63) is 0 Å². The molecule has 0 aromatic rings. The minimum Gasteiger partial charge on any atom is -0.481 e. The minimum absolute atomic E-state index is 0.133. The number of carboxylic acids is 1. The van der Waals surface area contributed by atoms with Crippen molar-refractivity contribution >= 4 is 11.9 Å². The molecule has 116 valence electrons. The van der Waals surface area contributed by atoms with Crippen molar-refractivity contribution in [1.29, 1.82) is 0 Å². The van der Waals surface area contributed by atoms with E-state index >= 15 is 0 Å². The van der Waals surface area contributed by atoms with Gasteiger partial charge in [-0.15, -0.1) is 0 Å². The van der Waals surface area contributed by atoms with Crippen molar-refractivity contribution < 1.29 is 27.9 Å². The molecule has 0 spiro atoms. The van der Waals surface area contributed by atoms with E-state index < -0.39 is 30.5 Å². The van der Waals surface area contributed by atoms with E-state index in [4.69, 9.17) is 5.11 Å². The van der Waals surface area contributed by atoms with Crippen LogP contribution in [0, 0.1) is 11.3 Å². The standard InChI is InChI=1S/C13H20F3NO3/c1-3-9(4-2)7-10(18)17-6-5-12(8-17,11(19)20)13(14,15)16/h9H,3-8H2,1-2H3,(H,19,20). The summed E-state index contributed by atoms with van der Waals surface area (Å²) in [5, 5.41) is 8.92. The monoisotopic (exact) mass is 295 g/mol. The number of amides is 1. The summed E-state index contributed by atoms with van der Waals surface area (Å²) in [6.45, 7) is 2.92. The molecular weight excluding hydrogens is 275 g/mol. The molecule has 0 radical (unpaired) electrons. The summed E-state index contributed by atoms with van der Waals surface area (Å²) in [6.07, 6.45) is -3.68. The van der Waals surface area contributed by atoms with E-state index in [2.05, 4.69) is 0 Å². The Kier molecular flexibility index (Phi) is 5.05. The van der Waals surface area contributed by atoms with Gasteiger partial charge in [-0.25, -0.2) is 0 Å². The first-order valence-electron chi connectivity index (χ1n) is 6.75. The first-order chi connectivity index (χ1) is 9.17. The van der Waals surface area contributed by atoms with Gasteiger partial charge in [0.1, 0.15) is 0 Å². The van der Waals surface area contributed by atoms with Gasteiger partial charge in [0.15, 0.2) is 5.41 Å². The minimum atomic E-state index is -4.84. The number of hydrogen-bond donors (Lipinski definition) is 1. The molecule has 1 N–H and O–H groups in total. The molecule has 20 heavy (non-hydrogen) atoms. The third-order valence-corrected chi connectivity index (χ3v) is 4.19. The lowest BCUT2D eigenvalue weighted by atomic mass is 9.86. The number of carbonyl (C=O) groups is 2. The second-order valence-corrected chi connectivity index (χ2v) is 5.34. The van der Waals surface area contributed by atoms with Gasteiger partial charge in [0.25, 0.3) is 0 Å². The molecule has 0 bridgehead atoms. The number of nitrogens with zero attached hydrogens (tertiary/aromatic N) is 1. The Balaban J connectivity index is 2.79. The quantitative estimate of drug-likeness (QED) is 0.848. The fraction of sp³-hybridized carbons (Fsp3) is 0.846. The summed E-state index contributed by atoms with van der Waals surface area (Å²) < 4.78 is 38.9. The van der Waals surface area contributed by atoms with E-state index in [1.54, 1.807) is 0 Å². The van der Waals surface area contributed by atoms with Crippen molar-refractivity contribution in [2.24, 2.45) is 11.3 Å². The van der Waals surface area contributed by atoms with Gasteiger partial charge in [0.05, 0.1) is 0 Å². The van der Waals surface area contributed by atoms with Gasteiger partial charge in [-0.05, 0) is 12.3 Å². The number of likely N-dealkylation sites (tertiary alicyclic amines) is 1. The number of carbonyl (C=O) groups excluding carboxylic acids is 1. The van der Waals surface area contributed by atoms with Crippen molar-refractivity contribution in [2.45, 2.75) is 45.7 Å². The largest absolute Gasteiger partial charge is 0.481 e. The summed E-state index contributed by atoms with van der Waals surface area (Å²) in [6, 6.07) is 0. The highest BCUT2D eigenvalue weighted by Gasteiger charge is 2.64. The Morgan fingerprint density at radius 1 is 1.30 bits per heavy atom. The first-order valence-corrected chi connectivity index (χ1v) is 6.75. The van der Waals surface area contributed by atoms with E-state index in [1.807, 2.05) is 13.8 Å². The van der Waals surface area contributed by atoms with Crippen LogP contribution in [0.2, 0.25) is 0 Å². The van der Waals surface area contributed by atoms with E-state index in [9.17, 15) is 22.8 Å². The molecule has 1 fully saturated rings. The van der Waals surface area contributed by atoms with Crippen LogP contribution in [0.5, 0.6) is 0 Å². The van der Waals surface area contributed by atoms with Gasteiger partial charge in [0, 0.05) is 19.5 Å². The third kappa shape index (κ3) is 3.07. The van der Waals surface area contributed by atoms with Crippen LogP contribution >= 0.6 is 0 Å². The molecule has 1 atom stereocenters. The van der Waals surface area contributed by atoms with Crippen molar-refractivity contribution in [1.82, 2.24) is 4.90 Å². The smallest absolute Gasteiger partial charge is 0.406 e. The van der Waals surface area contributed by atoms with Crippen LogP contribution in [0.4, 0.5) is 13.2 Å². The highest BCUT2D eigenvalue weighted by atomic mass is 19.4. The summed E-state index contributed by atoms with van der Waals surface area (Å²) >= 11 is 0. The predicted octanol–water partition coefficient (Wildman–Crippen LogP) is 2.68. The maximum Gasteiger partial charge on any atom is 0.406 e. The van der Waals surface area contributed by atoms with Crippen LogP contribution in [0.3, 0.4) is 0 Å². The summed E-state index contributed by atoms with van der Waals surface area (Å²) in [5.74, 6) is -2.15. The molecule has 0 aliphatic carbocycles. The van der Waals surface area contributed by atoms with Crippen LogP contribution in [-0.4, -0.2) is 41.1 Å². The highest BCUT2D eigenvalue weighted by Crippen LogP contribution is 2.45. The molecule has 0 aromatic heterocycles. The summed E-state index contributed by atoms with van der Waals surface area (Å²) in [4.78, 5) is 24.0. The van der Waals surface area contributed by atoms with Crippen LogP contribution in [0.15, 0.2) is 0 Å². The van der Waals surface area contributed by atoms with Crippen LogP contribution in [-0.2, 0) is 9.59 Å². The zero-order valence-corrected chi connectivity index (χ0v) is 11.7. The number of carboxylic acid groups (broad SMARTS) is 1. The Morgan fingerprint density at radius 3 is 2.20 bits per heavy atom. The Morgan fingerprint density at radius 2 is 1.85 bits per heavy atom. The molecule has 1 unspecified atom stereocenters. The average molecular weight is 295 g/mol. The van der Waals surface area contributed by atoms with Crippen molar-refractivity contribution in [2.75, 3.05) is 13.1 Å². The third-order valence-electron chi connectivity index (χ3n) is 4.19. The number of alkyl halides is 3. The Bertz CT molecular complexity index is 380. The zero-order chi connectivity index (χ0) is 15.6. The number of aliphatic carboxylic acids is 1. The van der Waals surface area contributed by atoms with E-state index in [-0.39, 0.29) is 24.8 Å². The molecular formula is C13H20F3NO3. The van der Waals surface area contributed by atoms with E-state index in [0.717, 1.165) is 17.7 Å². The zero-order valence-electron chi connectivity index (χ0n) is 11.7. The van der Waals surface area contributed by atoms with E-state index in [1.165, 1.54) is 0 Å². The number of rotatable bonds is 5. The van der Waals surface area contributed by atoms with Gasteiger partial charge in [-0.1, -0.05) is 26.7 Å².